The molecular weight excluding hydrogens is 322 g/mol. The molecule has 0 spiro atoms. The average Bonchev–Trinajstić information content (AvgIpc) is 2.61. The summed E-state index contributed by atoms with van der Waals surface area (Å²) < 4.78 is 0. The fourth-order valence-electron chi connectivity index (χ4n) is 4.34. The summed E-state index contributed by atoms with van der Waals surface area (Å²) in [6.07, 6.45) is 0. The minimum Gasteiger partial charge on any atom is -0.258 e. The van der Waals surface area contributed by atoms with E-state index in [4.69, 9.17) is 11.6 Å². The van der Waals surface area contributed by atoms with Gasteiger partial charge < -0.3 is 0 Å². The van der Waals surface area contributed by atoms with Gasteiger partial charge in [-0.1, -0.05) is 66.2 Å². The third-order valence-electron chi connectivity index (χ3n) is 5.23. The predicted molar refractivity (Wildman–Crippen MR) is 92.9 cm³/mol. The summed E-state index contributed by atoms with van der Waals surface area (Å²) in [5, 5.41) is 11.6. The first-order valence-corrected chi connectivity index (χ1v) is 8.20. The first kappa shape index (κ1) is 13.8. The van der Waals surface area contributed by atoms with Crippen molar-refractivity contribution in [3.63, 3.8) is 0 Å². The Kier molecular flexibility index (Phi) is 2.68. The molecule has 0 saturated heterocycles. The third kappa shape index (κ3) is 1.57. The molecule has 0 N–H and O–H groups in total. The van der Waals surface area contributed by atoms with Gasteiger partial charge in [0.25, 0.3) is 5.69 Å². The molecule has 0 aromatic heterocycles. The van der Waals surface area contributed by atoms with Gasteiger partial charge in [-0.25, -0.2) is 0 Å². The van der Waals surface area contributed by atoms with E-state index in [1.54, 1.807) is 0 Å². The maximum absolute atomic E-state index is 11.3. The third-order valence-corrected chi connectivity index (χ3v) is 5.62. The lowest BCUT2D eigenvalue weighted by atomic mass is 9.61. The molecule has 3 aromatic rings. The van der Waals surface area contributed by atoms with Gasteiger partial charge in [0, 0.05) is 17.9 Å². The molecule has 3 aliphatic rings. The van der Waals surface area contributed by atoms with Crippen molar-refractivity contribution in [2.75, 3.05) is 0 Å². The quantitative estimate of drug-likeness (QED) is 0.311. The van der Waals surface area contributed by atoms with Crippen molar-refractivity contribution in [1.29, 1.82) is 0 Å². The Morgan fingerprint density at radius 3 is 1.75 bits per heavy atom. The zero-order chi connectivity index (χ0) is 16.4. The second-order valence-corrected chi connectivity index (χ2v) is 6.66. The lowest BCUT2D eigenvalue weighted by molar-refractivity contribution is -0.384. The van der Waals surface area contributed by atoms with Crippen LogP contribution < -0.4 is 0 Å². The summed E-state index contributed by atoms with van der Waals surface area (Å²) in [5.74, 6) is 0.0560. The van der Waals surface area contributed by atoms with Crippen LogP contribution in [0.15, 0.2) is 60.7 Å². The van der Waals surface area contributed by atoms with Crippen LogP contribution in [0.3, 0.4) is 0 Å². The largest absolute Gasteiger partial charge is 0.288 e. The van der Waals surface area contributed by atoms with Crippen LogP contribution in [0.2, 0.25) is 5.02 Å². The van der Waals surface area contributed by atoms with E-state index in [0.29, 0.717) is 0 Å². The summed E-state index contributed by atoms with van der Waals surface area (Å²) in [7, 11) is 0. The molecule has 0 unspecified atom stereocenters. The lowest BCUT2D eigenvalue weighted by Crippen LogP contribution is -2.27. The van der Waals surface area contributed by atoms with Gasteiger partial charge >= 0.3 is 0 Å². The first-order valence-electron chi connectivity index (χ1n) is 7.83. The van der Waals surface area contributed by atoms with Gasteiger partial charge in [0.05, 0.1) is 4.92 Å². The molecular formula is C20H12ClNO2. The molecule has 24 heavy (non-hydrogen) atoms. The Labute approximate surface area is 143 Å². The van der Waals surface area contributed by atoms with E-state index in [1.165, 1.54) is 28.3 Å². The monoisotopic (exact) mass is 333 g/mol. The molecule has 4 heteroatoms. The van der Waals surface area contributed by atoms with E-state index < -0.39 is 4.92 Å². The average molecular weight is 334 g/mol. The van der Waals surface area contributed by atoms with E-state index in [2.05, 4.69) is 36.4 Å². The minimum absolute atomic E-state index is 0.0158. The van der Waals surface area contributed by atoms with Crippen LogP contribution in [0.4, 0.5) is 5.69 Å². The standard InChI is InChI=1S/C20H12ClNO2/c21-20-16(22(23)24)10-9-15-17-11-5-1-3-7-13(11)18(19(15)20)14-8-4-2-6-12(14)17/h1-10,17-18H. The molecule has 116 valence electrons. The fourth-order valence-corrected chi connectivity index (χ4v) is 4.69. The van der Waals surface area contributed by atoms with E-state index in [-0.39, 0.29) is 22.5 Å². The normalized spacial score (nSPS) is 19.4. The number of rotatable bonds is 1. The van der Waals surface area contributed by atoms with Gasteiger partial charge in [0.15, 0.2) is 0 Å². The minimum atomic E-state index is -0.400. The highest BCUT2D eigenvalue weighted by molar-refractivity contribution is 6.33. The van der Waals surface area contributed by atoms with Gasteiger partial charge in [0.2, 0.25) is 0 Å². The van der Waals surface area contributed by atoms with Gasteiger partial charge in [-0.15, -0.1) is 0 Å². The highest BCUT2D eigenvalue weighted by Gasteiger charge is 2.43. The Hall–Kier alpha value is -2.65. The highest BCUT2D eigenvalue weighted by atomic mass is 35.5. The second-order valence-electron chi connectivity index (χ2n) is 6.28. The Morgan fingerprint density at radius 1 is 0.750 bits per heavy atom. The van der Waals surface area contributed by atoms with Crippen LogP contribution in [0.1, 0.15) is 45.2 Å². The van der Waals surface area contributed by atoms with Crippen LogP contribution in [-0.4, -0.2) is 4.92 Å². The first-order chi connectivity index (χ1) is 11.7. The molecule has 2 bridgehead atoms. The molecule has 0 amide bonds. The Bertz CT molecular complexity index is 980. The number of benzene rings is 3. The van der Waals surface area contributed by atoms with Crippen LogP contribution in [-0.2, 0) is 0 Å². The molecule has 3 nitrogen and oxygen atoms in total. The number of hydrogen-bond acceptors (Lipinski definition) is 2. The summed E-state index contributed by atoms with van der Waals surface area (Å²) in [4.78, 5) is 10.9. The highest BCUT2D eigenvalue weighted by Crippen LogP contribution is 2.58. The van der Waals surface area contributed by atoms with Crippen LogP contribution in [0, 0.1) is 10.1 Å². The number of nitro groups is 1. The van der Waals surface area contributed by atoms with Crippen molar-refractivity contribution in [3.8, 4) is 0 Å². The molecule has 0 heterocycles. The number of nitrogens with zero attached hydrogens (tertiary/aromatic N) is 1. The SMILES string of the molecule is O=[N+]([O-])c1ccc2c(c1Cl)C1c3ccccc3C2c2ccccc21. The van der Waals surface area contributed by atoms with E-state index in [1.807, 2.05) is 18.2 Å². The number of nitro benzene ring substituents is 1. The maximum atomic E-state index is 11.3. The van der Waals surface area contributed by atoms with Crippen LogP contribution in [0.25, 0.3) is 0 Å². The fraction of sp³-hybridized carbons (Fsp3) is 0.100. The zero-order valence-corrected chi connectivity index (χ0v) is 13.3. The van der Waals surface area contributed by atoms with Gasteiger partial charge in [-0.2, -0.15) is 0 Å². The van der Waals surface area contributed by atoms with Gasteiger partial charge in [0.1, 0.15) is 5.02 Å². The van der Waals surface area contributed by atoms with E-state index in [9.17, 15) is 10.1 Å². The zero-order valence-electron chi connectivity index (χ0n) is 12.6. The maximum Gasteiger partial charge on any atom is 0.288 e. The molecule has 3 aromatic carbocycles. The molecule has 0 aliphatic heterocycles. The Morgan fingerprint density at radius 2 is 1.25 bits per heavy atom. The van der Waals surface area contributed by atoms with Crippen LogP contribution >= 0.6 is 11.6 Å². The molecule has 0 atom stereocenters. The summed E-state index contributed by atoms with van der Waals surface area (Å²) in [6.45, 7) is 0. The Balaban J connectivity index is 1.90. The number of halogens is 1. The van der Waals surface area contributed by atoms with Crippen molar-refractivity contribution in [2.45, 2.75) is 11.8 Å². The van der Waals surface area contributed by atoms with Crippen molar-refractivity contribution in [3.05, 3.63) is 109 Å². The van der Waals surface area contributed by atoms with E-state index in [0.717, 1.165) is 11.1 Å². The summed E-state index contributed by atoms with van der Waals surface area (Å²) in [6, 6.07) is 20.1. The molecule has 0 saturated carbocycles. The van der Waals surface area contributed by atoms with Crippen LogP contribution in [0.5, 0.6) is 0 Å². The predicted octanol–water partition coefficient (Wildman–Crippen LogP) is 5.24. The van der Waals surface area contributed by atoms with Crippen molar-refractivity contribution >= 4 is 17.3 Å². The molecule has 0 radical (unpaired) electrons. The summed E-state index contributed by atoms with van der Waals surface area (Å²) >= 11 is 6.51. The van der Waals surface area contributed by atoms with E-state index >= 15 is 0 Å². The van der Waals surface area contributed by atoms with Crippen molar-refractivity contribution in [2.24, 2.45) is 0 Å². The second kappa shape index (κ2) is 4.68. The molecule has 0 fully saturated rings. The lowest BCUT2D eigenvalue weighted by Gasteiger charge is -2.42. The van der Waals surface area contributed by atoms with Gasteiger partial charge in [-0.05, 0) is 33.4 Å². The topological polar surface area (TPSA) is 43.1 Å². The summed E-state index contributed by atoms with van der Waals surface area (Å²) in [5.41, 5.74) is 6.93. The molecule has 3 aliphatic carbocycles. The smallest absolute Gasteiger partial charge is 0.258 e. The molecule has 6 rings (SSSR count). The van der Waals surface area contributed by atoms with Crippen molar-refractivity contribution in [1.82, 2.24) is 0 Å². The van der Waals surface area contributed by atoms with Crippen molar-refractivity contribution < 1.29 is 4.92 Å². The van der Waals surface area contributed by atoms with Gasteiger partial charge in [-0.3, -0.25) is 10.1 Å². The number of hydrogen-bond donors (Lipinski definition) is 0.